The van der Waals surface area contributed by atoms with E-state index >= 15 is 0 Å². The SMILES string of the molecule is CC(=O)c1ccc2cc3c(n2c1)CN(CCCNC(=O)O)C3=O. The summed E-state index contributed by atoms with van der Waals surface area (Å²) in [7, 11) is 0. The summed E-state index contributed by atoms with van der Waals surface area (Å²) in [6.45, 7) is 2.78. The molecule has 0 atom stereocenters. The van der Waals surface area contributed by atoms with Crippen molar-refractivity contribution in [2.45, 2.75) is 19.9 Å². The fraction of sp³-hybridized carbons (Fsp3) is 0.312. The minimum absolute atomic E-state index is 0.0183. The van der Waals surface area contributed by atoms with Crippen molar-refractivity contribution in [1.29, 1.82) is 0 Å². The predicted molar refractivity (Wildman–Crippen MR) is 82.8 cm³/mol. The number of hydrogen-bond acceptors (Lipinski definition) is 3. The first kappa shape index (κ1) is 15.1. The van der Waals surface area contributed by atoms with Gasteiger partial charge in [-0.15, -0.1) is 0 Å². The van der Waals surface area contributed by atoms with Crippen LogP contribution in [-0.2, 0) is 6.54 Å². The molecular formula is C16H17N3O4. The number of amides is 2. The molecule has 1 aliphatic heterocycles. The first-order valence-corrected chi connectivity index (χ1v) is 7.38. The van der Waals surface area contributed by atoms with E-state index in [4.69, 9.17) is 5.11 Å². The third-order valence-electron chi connectivity index (χ3n) is 4.02. The maximum absolute atomic E-state index is 12.4. The van der Waals surface area contributed by atoms with E-state index in [0.29, 0.717) is 37.2 Å². The second-order valence-electron chi connectivity index (χ2n) is 5.59. The van der Waals surface area contributed by atoms with Gasteiger partial charge in [0.05, 0.1) is 17.8 Å². The summed E-state index contributed by atoms with van der Waals surface area (Å²) in [4.78, 5) is 36.0. The lowest BCUT2D eigenvalue weighted by Gasteiger charge is -2.16. The molecule has 0 saturated carbocycles. The van der Waals surface area contributed by atoms with Crippen LogP contribution in [0.1, 0.15) is 39.8 Å². The number of carboxylic acid groups (broad SMARTS) is 1. The van der Waals surface area contributed by atoms with E-state index in [0.717, 1.165) is 11.2 Å². The molecule has 120 valence electrons. The molecule has 3 heterocycles. The number of ketones is 1. The van der Waals surface area contributed by atoms with E-state index in [1.807, 2.05) is 16.5 Å². The Morgan fingerprint density at radius 1 is 1.35 bits per heavy atom. The Kier molecular flexibility index (Phi) is 3.77. The molecule has 1 aliphatic rings. The first-order valence-electron chi connectivity index (χ1n) is 7.38. The first-order chi connectivity index (χ1) is 11.0. The molecule has 2 aromatic heterocycles. The van der Waals surface area contributed by atoms with Gasteiger partial charge >= 0.3 is 6.09 Å². The monoisotopic (exact) mass is 315 g/mol. The van der Waals surface area contributed by atoms with Crippen LogP contribution in [0.25, 0.3) is 5.52 Å². The number of nitrogens with zero attached hydrogens (tertiary/aromatic N) is 2. The molecule has 0 unspecified atom stereocenters. The fourth-order valence-electron chi connectivity index (χ4n) is 2.85. The second kappa shape index (κ2) is 5.75. The van der Waals surface area contributed by atoms with Crippen molar-refractivity contribution < 1.29 is 19.5 Å². The van der Waals surface area contributed by atoms with Gasteiger partial charge in [0.2, 0.25) is 0 Å². The van der Waals surface area contributed by atoms with Crippen molar-refractivity contribution in [2.75, 3.05) is 13.1 Å². The van der Waals surface area contributed by atoms with Gasteiger partial charge in [-0.2, -0.15) is 0 Å². The zero-order valence-electron chi connectivity index (χ0n) is 12.7. The quantitative estimate of drug-likeness (QED) is 0.649. The zero-order valence-corrected chi connectivity index (χ0v) is 12.7. The van der Waals surface area contributed by atoms with Crippen LogP contribution < -0.4 is 5.32 Å². The second-order valence-corrected chi connectivity index (χ2v) is 5.59. The molecule has 23 heavy (non-hydrogen) atoms. The Balaban J connectivity index is 1.78. The van der Waals surface area contributed by atoms with Crippen LogP contribution in [0.3, 0.4) is 0 Å². The highest BCUT2D eigenvalue weighted by Gasteiger charge is 2.30. The van der Waals surface area contributed by atoms with Crippen molar-refractivity contribution in [3.05, 3.63) is 41.2 Å². The summed E-state index contributed by atoms with van der Waals surface area (Å²) >= 11 is 0. The molecule has 0 radical (unpaired) electrons. The summed E-state index contributed by atoms with van der Waals surface area (Å²) in [5.41, 5.74) is 3.02. The predicted octanol–water partition coefficient (Wildman–Crippen LogP) is 1.76. The minimum Gasteiger partial charge on any atom is -0.465 e. The van der Waals surface area contributed by atoms with Gasteiger partial charge in [0.25, 0.3) is 5.91 Å². The number of carbonyl (C=O) groups excluding carboxylic acids is 2. The highest BCUT2D eigenvalue weighted by Crippen LogP contribution is 2.27. The molecule has 0 aromatic carbocycles. The average molecular weight is 315 g/mol. The Bertz CT molecular complexity index is 809. The summed E-state index contributed by atoms with van der Waals surface area (Å²) in [5.74, 6) is -0.0707. The van der Waals surface area contributed by atoms with Crippen molar-refractivity contribution in [3.8, 4) is 0 Å². The zero-order chi connectivity index (χ0) is 16.6. The van der Waals surface area contributed by atoms with E-state index in [9.17, 15) is 14.4 Å². The smallest absolute Gasteiger partial charge is 0.404 e. The molecule has 7 heteroatoms. The van der Waals surface area contributed by atoms with Crippen LogP contribution in [0.2, 0.25) is 0 Å². The van der Waals surface area contributed by atoms with Crippen LogP contribution in [0.15, 0.2) is 24.4 Å². The number of carbonyl (C=O) groups is 3. The molecule has 7 nitrogen and oxygen atoms in total. The number of nitrogens with one attached hydrogen (secondary N) is 1. The Hall–Kier alpha value is -2.83. The van der Waals surface area contributed by atoms with Gasteiger partial charge in [-0.3, -0.25) is 9.59 Å². The van der Waals surface area contributed by atoms with Crippen LogP contribution in [0, 0.1) is 0 Å². The maximum Gasteiger partial charge on any atom is 0.404 e. The van der Waals surface area contributed by atoms with E-state index in [1.165, 1.54) is 6.92 Å². The molecule has 0 aliphatic carbocycles. The van der Waals surface area contributed by atoms with Gasteiger partial charge in [0, 0.05) is 30.4 Å². The van der Waals surface area contributed by atoms with Gasteiger partial charge in [-0.1, -0.05) is 0 Å². The van der Waals surface area contributed by atoms with Crippen molar-refractivity contribution in [1.82, 2.24) is 14.6 Å². The maximum atomic E-state index is 12.4. The number of hydrogen-bond donors (Lipinski definition) is 2. The van der Waals surface area contributed by atoms with Crippen molar-refractivity contribution >= 4 is 23.3 Å². The fourth-order valence-corrected chi connectivity index (χ4v) is 2.85. The summed E-state index contributed by atoms with van der Waals surface area (Å²) in [5, 5.41) is 10.8. The average Bonchev–Trinajstić information content (AvgIpc) is 3.00. The van der Waals surface area contributed by atoms with E-state index < -0.39 is 6.09 Å². The number of rotatable bonds is 5. The highest BCUT2D eigenvalue weighted by atomic mass is 16.4. The molecule has 2 amide bonds. The lowest BCUT2D eigenvalue weighted by molar-refractivity contribution is 0.0775. The molecule has 2 N–H and O–H groups in total. The normalized spacial score (nSPS) is 13.4. The Morgan fingerprint density at radius 3 is 2.83 bits per heavy atom. The van der Waals surface area contributed by atoms with Gasteiger partial charge in [0.15, 0.2) is 5.78 Å². The van der Waals surface area contributed by atoms with Crippen LogP contribution in [0.5, 0.6) is 0 Å². The molecule has 0 spiro atoms. The largest absolute Gasteiger partial charge is 0.465 e. The number of pyridine rings is 1. The lowest BCUT2D eigenvalue weighted by Crippen LogP contribution is -2.29. The Labute approximate surface area is 132 Å². The molecule has 3 rings (SSSR count). The molecule has 0 fully saturated rings. The van der Waals surface area contributed by atoms with Crippen molar-refractivity contribution in [2.24, 2.45) is 0 Å². The van der Waals surface area contributed by atoms with E-state index in [2.05, 4.69) is 5.32 Å². The molecule has 2 aromatic rings. The van der Waals surface area contributed by atoms with Gasteiger partial charge in [0.1, 0.15) is 0 Å². The van der Waals surface area contributed by atoms with Crippen LogP contribution in [-0.4, -0.2) is 45.3 Å². The van der Waals surface area contributed by atoms with E-state index in [-0.39, 0.29) is 11.7 Å². The molecule has 0 bridgehead atoms. The highest BCUT2D eigenvalue weighted by molar-refractivity contribution is 6.00. The molecular weight excluding hydrogens is 298 g/mol. The van der Waals surface area contributed by atoms with Crippen molar-refractivity contribution in [3.63, 3.8) is 0 Å². The Morgan fingerprint density at radius 2 is 2.13 bits per heavy atom. The third kappa shape index (κ3) is 2.77. The topological polar surface area (TPSA) is 91.1 Å². The van der Waals surface area contributed by atoms with E-state index in [1.54, 1.807) is 17.2 Å². The lowest BCUT2D eigenvalue weighted by atomic mass is 10.2. The van der Waals surface area contributed by atoms with Gasteiger partial charge < -0.3 is 19.7 Å². The molecule has 0 saturated heterocycles. The third-order valence-corrected chi connectivity index (χ3v) is 4.02. The summed E-state index contributed by atoms with van der Waals surface area (Å²) in [6.07, 6.45) is 1.26. The van der Waals surface area contributed by atoms with Gasteiger partial charge in [-0.25, -0.2) is 4.79 Å². The summed E-state index contributed by atoms with van der Waals surface area (Å²) in [6, 6.07) is 5.42. The summed E-state index contributed by atoms with van der Waals surface area (Å²) < 4.78 is 1.89. The van der Waals surface area contributed by atoms with Crippen LogP contribution >= 0.6 is 0 Å². The standard InChI is InChI=1S/C16H17N3O4/c1-10(20)11-3-4-12-7-13-14(19(12)8-11)9-18(15(13)21)6-2-5-17-16(22)23/h3-4,7-8,17H,2,5-6,9H2,1H3,(H,22,23). The minimum atomic E-state index is -1.06. The number of fused-ring (bicyclic) bond motifs is 3. The van der Waals surface area contributed by atoms with Gasteiger partial charge in [-0.05, 0) is 31.5 Å². The number of aromatic nitrogens is 1. The van der Waals surface area contributed by atoms with Crippen LogP contribution in [0.4, 0.5) is 4.79 Å². The number of Topliss-reactive ketones (excluding diaryl/α,β-unsaturated/α-hetero) is 1.